The summed E-state index contributed by atoms with van der Waals surface area (Å²) in [6.45, 7) is 5.77. The molecule has 0 aliphatic carbocycles. The van der Waals surface area contributed by atoms with Crippen molar-refractivity contribution in [2.24, 2.45) is 0 Å². The number of para-hydroxylation sites is 1. The molecule has 0 fully saturated rings. The van der Waals surface area contributed by atoms with Crippen molar-refractivity contribution in [1.82, 2.24) is 15.4 Å². The molecule has 140 valence electrons. The van der Waals surface area contributed by atoms with E-state index in [-0.39, 0.29) is 19.1 Å². The van der Waals surface area contributed by atoms with Gasteiger partial charge >= 0.3 is 0 Å². The van der Waals surface area contributed by atoms with Crippen LogP contribution in [0.3, 0.4) is 0 Å². The highest BCUT2D eigenvalue weighted by atomic mass is 16.5. The van der Waals surface area contributed by atoms with Gasteiger partial charge in [0.25, 0.3) is 11.8 Å². The first-order chi connectivity index (χ1) is 12.9. The van der Waals surface area contributed by atoms with Gasteiger partial charge in [-0.2, -0.15) is 0 Å². The highest BCUT2D eigenvalue weighted by Gasteiger charge is 2.11. The zero-order valence-corrected chi connectivity index (χ0v) is 15.7. The van der Waals surface area contributed by atoms with E-state index in [0.29, 0.717) is 5.75 Å². The Labute approximate surface area is 158 Å². The van der Waals surface area contributed by atoms with Crippen molar-refractivity contribution >= 4 is 22.7 Å². The first-order valence-electron chi connectivity index (χ1n) is 8.76. The fraction of sp³-hybridized carbons (Fsp3) is 0.238. The van der Waals surface area contributed by atoms with Crippen molar-refractivity contribution in [3.8, 4) is 5.75 Å². The van der Waals surface area contributed by atoms with E-state index >= 15 is 0 Å². The number of amides is 2. The van der Waals surface area contributed by atoms with Gasteiger partial charge in [-0.25, -0.2) is 0 Å². The third kappa shape index (κ3) is 4.47. The zero-order chi connectivity index (χ0) is 19.4. The smallest absolute Gasteiger partial charge is 0.276 e. The summed E-state index contributed by atoms with van der Waals surface area (Å²) in [6, 6.07) is 15.7. The number of hydrogen-bond acceptors (Lipinski definition) is 3. The summed E-state index contributed by atoms with van der Waals surface area (Å²) in [7, 11) is 0. The number of fused-ring (bicyclic) bond motifs is 1. The Morgan fingerprint density at radius 1 is 0.963 bits per heavy atom. The van der Waals surface area contributed by atoms with Crippen LogP contribution >= 0.6 is 0 Å². The summed E-state index contributed by atoms with van der Waals surface area (Å²) in [5.74, 6) is -0.0659. The maximum absolute atomic E-state index is 12.2. The molecule has 0 spiro atoms. The Morgan fingerprint density at radius 2 is 1.70 bits per heavy atom. The Kier molecular flexibility index (Phi) is 5.45. The Hall–Kier alpha value is -3.28. The van der Waals surface area contributed by atoms with Crippen LogP contribution in [0, 0.1) is 20.8 Å². The minimum atomic E-state index is -0.418. The van der Waals surface area contributed by atoms with Gasteiger partial charge in [0.15, 0.2) is 6.61 Å². The number of nitrogens with one attached hydrogen (secondary N) is 2. The van der Waals surface area contributed by atoms with Crippen molar-refractivity contribution in [2.45, 2.75) is 27.3 Å². The van der Waals surface area contributed by atoms with Crippen LogP contribution in [-0.2, 0) is 16.1 Å². The Morgan fingerprint density at radius 3 is 2.52 bits per heavy atom. The van der Waals surface area contributed by atoms with Crippen LogP contribution in [0.15, 0.2) is 48.5 Å². The zero-order valence-electron chi connectivity index (χ0n) is 15.7. The molecule has 2 amide bonds. The third-order valence-electron chi connectivity index (χ3n) is 4.36. The minimum absolute atomic E-state index is 0.122. The topological polar surface area (TPSA) is 72.4 Å². The summed E-state index contributed by atoms with van der Waals surface area (Å²) in [6.07, 6.45) is 0. The van der Waals surface area contributed by atoms with Gasteiger partial charge in [0.1, 0.15) is 12.3 Å². The van der Waals surface area contributed by atoms with Gasteiger partial charge in [0.2, 0.25) is 0 Å². The molecular weight excluding hydrogens is 342 g/mol. The quantitative estimate of drug-likeness (QED) is 0.683. The monoisotopic (exact) mass is 365 g/mol. The van der Waals surface area contributed by atoms with Crippen LogP contribution in [0.2, 0.25) is 0 Å². The van der Waals surface area contributed by atoms with Gasteiger partial charge in [-0.3, -0.25) is 20.4 Å². The first kappa shape index (κ1) is 18.5. The number of benzene rings is 2. The molecule has 0 atom stereocenters. The van der Waals surface area contributed by atoms with Crippen LogP contribution in [0.5, 0.6) is 5.75 Å². The number of nitrogens with zero attached hydrogens (tertiary/aromatic N) is 1. The fourth-order valence-electron chi connectivity index (χ4n) is 2.92. The van der Waals surface area contributed by atoms with Gasteiger partial charge in [-0.1, -0.05) is 30.3 Å². The first-order valence-corrected chi connectivity index (χ1v) is 8.76. The van der Waals surface area contributed by atoms with Crippen molar-refractivity contribution in [3.63, 3.8) is 0 Å². The second kappa shape index (κ2) is 7.95. The van der Waals surface area contributed by atoms with E-state index in [9.17, 15) is 9.59 Å². The van der Waals surface area contributed by atoms with Gasteiger partial charge in [0, 0.05) is 11.2 Å². The SMILES string of the molecule is Cc1ccc(C)c(OCC(=O)NNC(=O)Cn2c(C)cc3ccccc32)c1. The number of carbonyl (C=O) groups is 2. The summed E-state index contributed by atoms with van der Waals surface area (Å²) < 4.78 is 7.43. The molecule has 0 saturated heterocycles. The predicted molar refractivity (Wildman–Crippen MR) is 104 cm³/mol. The van der Waals surface area contributed by atoms with Crippen molar-refractivity contribution in [2.75, 3.05) is 6.61 Å². The maximum Gasteiger partial charge on any atom is 0.276 e. The molecule has 2 aromatic carbocycles. The standard InChI is InChI=1S/C21H23N3O3/c1-14-8-9-15(2)19(10-14)27-13-21(26)23-22-20(25)12-24-16(3)11-17-6-4-5-7-18(17)24/h4-11H,12-13H2,1-3H3,(H,22,25)(H,23,26). The van der Waals surface area contributed by atoms with Crippen LogP contribution in [-0.4, -0.2) is 23.0 Å². The molecule has 0 aliphatic heterocycles. The average molecular weight is 365 g/mol. The van der Waals surface area contributed by atoms with Crippen molar-refractivity contribution in [3.05, 3.63) is 65.4 Å². The second-order valence-corrected chi connectivity index (χ2v) is 6.58. The molecule has 1 heterocycles. The molecule has 6 heteroatoms. The van der Waals surface area contributed by atoms with Crippen LogP contribution < -0.4 is 15.6 Å². The molecule has 6 nitrogen and oxygen atoms in total. The maximum atomic E-state index is 12.2. The number of hydrogen-bond donors (Lipinski definition) is 2. The molecule has 2 N–H and O–H groups in total. The van der Waals surface area contributed by atoms with Crippen LogP contribution in [0.25, 0.3) is 10.9 Å². The van der Waals surface area contributed by atoms with Crippen molar-refractivity contribution < 1.29 is 14.3 Å². The third-order valence-corrected chi connectivity index (χ3v) is 4.36. The average Bonchev–Trinajstić information content (AvgIpc) is 2.96. The summed E-state index contributed by atoms with van der Waals surface area (Å²) in [4.78, 5) is 24.1. The molecular formula is C21H23N3O3. The van der Waals surface area contributed by atoms with E-state index in [0.717, 1.165) is 27.7 Å². The van der Waals surface area contributed by atoms with Crippen molar-refractivity contribution in [1.29, 1.82) is 0 Å². The largest absolute Gasteiger partial charge is 0.483 e. The highest BCUT2D eigenvalue weighted by molar-refractivity contribution is 5.86. The lowest BCUT2D eigenvalue weighted by Crippen LogP contribution is -2.45. The lowest BCUT2D eigenvalue weighted by Gasteiger charge is -2.12. The molecule has 27 heavy (non-hydrogen) atoms. The fourth-order valence-corrected chi connectivity index (χ4v) is 2.92. The van der Waals surface area contributed by atoms with Gasteiger partial charge < -0.3 is 9.30 Å². The van der Waals surface area contributed by atoms with E-state index in [4.69, 9.17) is 4.74 Å². The number of hydrazine groups is 1. The van der Waals surface area contributed by atoms with Crippen LogP contribution in [0.1, 0.15) is 16.8 Å². The molecule has 0 bridgehead atoms. The van der Waals surface area contributed by atoms with E-state index in [1.54, 1.807) is 0 Å². The molecule has 0 unspecified atom stereocenters. The van der Waals surface area contributed by atoms with Gasteiger partial charge in [-0.05, 0) is 55.5 Å². The summed E-state index contributed by atoms with van der Waals surface area (Å²) in [5.41, 5.74) is 8.79. The molecule has 3 aromatic rings. The molecule has 0 aliphatic rings. The molecule has 1 aromatic heterocycles. The molecule has 3 rings (SSSR count). The Balaban J connectivity index is 1.52. The van der Waals surface area contributed by atoms with E-state index in [2.05, 4.69) is 10.9 Å². The lowest BCUT2D eigenvalue weighted by molar-refractivity contribution is -0.130. The second-order valence-electron chi connectivity index (χ2n) is 6.58. The molecule has 0 saturated carbocycles. The highest BCUT2D eigenvalue weighted by Crippen LogP contribution is 2.19. The molecule has 0 radical (unpaired) electrons. The Bertz CT molecular complexity index is 992. The number of aryl methyl sites for hydroxylation is 3. The van der Waals surface area contributed by atoms with E-state index in [1.165, 1.54) is 0 Å². The summed E-state index contributed by atoms with van der Waals surface area (Å²) >= 11 is 0. The predicted octanol–water partition coefficient (Wildman–Crippen LogP) is 2.79. The number of aromatic nitrogens is 1. The van der Waals surface area contributed by atoms with E-state index < -0.39 is 5.91 Å². The van der Waals surface area contributed by atoms with E-state index in [1.807, 2.05) is 73.9 Å². The summed E-state index contributed by atoms with van der Waals surface area (Å²) in [5, 5.41) is 1.08. The number of ether oxygens (including phenoxy) is 1. The number of carbonyl (C=O) groups excluding carboxylic acids is 2. The lowest BCUT2D eigenvalue weighted by atomic mass is 10.1. The van der Waals surface area contributed by atoms with Crippen LogP contribution in [0.4, 0.5) is 0 Å². The normalized spacial score (nSPS) is 10.6. The van der Waals surface area contributed by atoms with Gasteiger partial charge in [-0.15, -0.1) is 0 Å². The van der Waals surface area contributed by atoms with Gasteiger partial charge in [0.05, 0.1) is 0 Å². The minimum Gasteiger partial charge on any atom is -0.483 e. The number of rotatable bonds is 5.